The highest BCUT2D eigenvalue weighted by Gasteiger charge is 2.33. The van der Waals surface area contributed by atoms with E-state index in [0.29, 0.717) is 18.1 Å². The fourth-order valence-corrected chi connectivity index (χ4v) is 3.32. The summed E-state index contributed by atoms with van der Waals surface area (Å²) in [6.45, 7) is 1.75. The molecule has 0 spiro atoms. The third-order valence-electron chi connectivity index (χ3n) is 2.45. The van der Waals surface area contributed by atoms with Gasteiger partial charge in [-0.15, -0.1) is 0 Å². The quantitative estimate of drug-likeness (QED) is 0.768. The van der Waals surface area contributed by atoms with E-state index in [1.807, 2.05) is 0 Å². The van der Waals surface area contributed by atoms with Gasteiger partial charge in [0.15, 0.2) is 15.7 Å². The summed E-state index contributed by atoms with van der Waals surface area (Å²) in [5.74, 6) is 0.967. The molecule has 1 aliphatic rings. The maximum Gasteiger partial charge on any atom is 0.230 e. The number of hydrogen-bond donors (Lipinski definition) is 1. The normalized spacial score (nSPS) is 26.7. The first-order valence-corrected chi connectivity index (χ1v) is 6.59. The standard InChI is InChI=1S/C8H13N3O3S/c1-5(9)7-10-8(14-11-7)6-2-3-15(12,13)4-6/h5-6H,2-4,9H2,1H3. The molecule has 1 aliphatic heterocycles. The highest BCUT2D eigenvalue weighted by molar-refractivity contribution is 7.91. The van der Waals surface area contributed by atoms with Crippen LogP contribution in [-0.2, 0) is 9.84 Å². The minimum absolute atomic E-state index is 0.105. The zero-order chi connectivity index (χ0) is 11.1. The minimum atomic E-state index is -2.91. The van der Waals surface area contributed by atoms with Gasteiger partial charge in [0.05, 0.1) is 23.5 Å². The number of sulfone groups is 1. The van der Waals surface area contributed by atoms with E-state index in [1.165, 1.54) is 0 Å². The maximum atomic E-state index is 11.2. The van der Waals surface area contributed by atoms with Crippen LogP contribution in [0.4, 0.5) is 0 Å². The van der Waals surface area contributed by atoms with E-state index in [2.05, 4.69) is 10.1 Å². The van der Waals surface area contributed by atoms with Crippen molar-refractivity contribution in [2.45, 2.75) is 25.3 Å². The van der Waals surface area contributed by atoms with Crippen LogP contribution in [0.3, 0.4) is 0 Å². The van der Waals surface area contributed by atoms with Crippen molar-refractivity contribution >= 4 is 9.84 Å². The summed E-state index contributed by atoms with van der Waals surface area (Å²) in [6, 6.07) is -0.291. The van der Waals surface area contributed by atoms with Gasteiger partial charge in [0.2, 0.25) is 5.89 Å². The number of nitrogens with two attached hydrogens (primary N) is 1. The molecule has 2 rings (SSSR count). The van der Waals surface area contributed by atoms with E-state index in [0.717, 1.165) is 0 Å². The highest BCUT2D eigenvalue weighted by Crippen LogP contribution is 2.27. The molecule has 1 aromatic rings. The maximum absolute atomic E-state index is 11.2. The lowest BCUT2D eigenvalue weighted by atomic mass is 10.1. The van der Waals surface area contributed by atoms with Crippen molar-refractivity contribution in [3.05, 3.63) is 11.7 Å². The lowest BCUT2D eigenvalue weighted by Crippen LogP contribution is -2.08. The van der Waals surface area contributed by atoms with Gasteiger partial charge in [-0.3, -0.25) is 0 Å². The van der Waals surface area contributed by atoms with Crippen molar-refractivity contribution in [3.8, 4) is 0 Å². The molecule has 2 heterocycles. The molecule has 0 aliphatic carbocycles. The average molecular weight is 231 g/mol. The number of rotatable bonds is 2. The van der Waals surface area contributed by atoms with E-state index in [9.17, 15) is 8.42 Å². The topological polar surface area (TPSA) is 99.1 Å². The monoisotopic (exact) mass is 231 g/mol. The second kappa shape index (κ2) is 3.57. The molecule has 2 unspecified atom stereocenters. The van der Waals surface area contributed by atoms with Crippen molar-refractivity contribution in [3.63, 3.8) is 0 Å². The van der Waals surface area contributed by atoms with Gasteiger partial charge >= 0.3 is 0 Å². The van der Waals surface area contributed by atoms with Crippen LogP contribution >= 0.6 is 0 Å². The van der Waals surface area contributed by atoms with Crippen LogP contribution in [0, 0.1) is 0 Å². The molecule has 0 saturated carbocycles. The molecule has 1 fully saturated rings. The first kappa shape index (κ1) is 10.6. The molecule has 6 nitrogen and oxygen atoms in total. The Balaban J connectivity index is 2.17. The molecule has 15 heavy (non-hydrogen) atoms. The van der Waals surface area contributed by atoms with E-state index in [4.69, 9.17) is 10.3 Å². The fraction of sp³-hybridized carbons (Fsp3) is 0.750. The molecular weight excluding hydrogens is 218 g/mol. The summed E-state index contributed by atoms with van der Waals surface area (Å²) < 4.78 is 27.5. The Hall–Kier alpha value is -0.950. The lowest BCUT2D eigenvalue weighted by molar-refractivity contribution is 0.354. The van der Waals surface area contributed by atoms with Crippen molar-refractivity contribution in [1.29, 1.82) is 0 Å². The van der Waals surface area contributed by atoms with Crippen LogP contribution in [0.25, 0.3) is 0 Å². The summed E-state index contributed by atoms with van der Waals surface area (Å²) in [5, 5.41) is 3.70. The molecule has 0 aromatic carbocycles. The zero-order valence-corrected chi connectivity index (χ0v) is 9.20. The smallest absolute Gasteiger partial charge is 0.230 e. The Bertz CT molecular complexity index is 451. The Kier molecular flexibility index (Phi) is 2.51. The van der Waals surface area contributed by atoms with E-state index in [-0.39, 0.29) is 23.5 Å². The third kappa shape index (κ3) is 2.18. The van der Waals surface area contributed by atoms with Gasteiger partial charge in [-0.05, 0) is 13.3 Å². The van der Waals surface area contributed by atoms with Crippen LogP contribution in [0.15, 0.2) is 4.52 Å². The number of hydrogen-bond acceptors (Lipinski definition) is 6. The highest BCUT2D eigenvalue weighted by atomic mass is 32.2. The summed E-state index contributed by atoms with van der Waals surface area (Å²) in [4.78, 5) is 4.09. The van der Waals surface area contributed by atoms with Crippen molar-refractivity contribution in [2.24, 2.45) is 5.73 Å². The predicted molar refractivity (Wildman–Crippen MR) is 52.9 cm³/mol. The molecule has 2 N–H and O–H groups in total. The molecule has 84 valence electrons. The molecule has 1 saturated heterocycles. The van der Waals surface area contributed by atoms with E-state index < -0.39 is 9.84 Å². The van der Waals surface area contributed by atoms with Crippen molar-refractivity contribution in [1.82, 2.24) is 10.1 Å². The second-order valence-electron chi connectivity index (χ2n) is 3.88. The molecule has 0 bridgehead atoms. The fourth-order valence-electron chi connectivity index (χ4n) is 1.59. The minimum Gasteiger partial charge on any atom is -0.339 e. The van der Waals surface area contributed by atoms with Gasteiger partial charge in [0.25, 0.3) is 0 Å². The van der Waals surface area contributed by atoms with Crippen LogP contribution in [-0.4, -0.2) is 30.1 Å². The molecule has 0 radical (unpaired) electrons. The van der Waals surface area contributed by atoms with Crippen molar-refractivity contribution in [2.75, 3.05) is 11.5 Å². The average Bonchev–Trinajstić information content (AvgIpc) is 2.70. The first-order valence-electron chi connectivity index (χ1n) is 4.77. The zero-order valence-electron chi connectivity index (χ0n) is 8.38. The van der Waals surface area contributed by atoms with Gasteiger partial charge < -0.3 is 10.3 Å². The largest absolute Gasteiger partial charge is 0.339 e. The second-order valence-corrected chi connectivity index (χ2v) is 6.11. The summed E-state index contributed by atoms with van der Waals surface area (Å²) in [5.41, 5.74) is 5.58. The molecule has 2 atom stereocenters. The van der Waals surface area contributed by atoms with Crippen LogP contribution in [0.1, 0.15) is 37.0 Å². The number of nitrogens with zero attached hydrogens (tertiary/aromatic N) is 2. The third-order valence-corrected chi connectivity index (χ3v) is 4.21. The van der Waals surface area contributed by atoms with E-state index in [1.54, 1.807) is 6.92 Å². The molecule has 0 amide bonds. The summed E-state index contributed by atoms with van der Waals surface area (Å²) >= 11 is 0. The Morgan fingerprint density at radius 2 is 2.33 bits per heavy atom. The summed E-state index contributed by atoms with van der Waals surface area (Å²) in [7, 11) is -2.91. The van der Waals surface area contributed by atoms with Crippen LogP contribution in [0.5, 0.6) is 0 Å². The predicted octanol–water partition coefficient (Wildman–Crippen LogP) is -0.00860. The van der Waals surface area contributed by atoms with Gasteiger partial charge in [-0.2, -0.15) is 4.98 Å². The Labute approximate surface area is 87.8 Å². The SMILES string of the molecule is CC(N)c1noc(C2CCS(=O)(=O)C2)n1. The molecule has 1 aromatic heterocycles. The summed E-state index contributed by atoms with van der Waals surface area (Å²) in [6.07, 6.45) is 0.558. The lowest BCUT2D eigenvalue weighted by Gasteiger charge is -1.98. The van der Waals surface area contributed by atoms with Gasteiger partial charge in [-0.25, -0.2) is 8.42 Å². The molecule has 7 heteroatoms. The van der Waals surface area contributed by atoms with Crippen molar-refractivity contribution < 1.29 is 12.9 Å². The Morgan fingerprint density at radius 1 is 1.60 bits per heavy atom. The van der Waals surface area contributed by atoms with Gasteiger partial charge in [0, 0.05) is 0 Å². The van der Waals surface area contributed by atoms with E-state index >= 15 is 0 Å². The molecular formula is C8H13N3O3S. The van der Waals surface area contributed by atoms with Crippen LogP contribution in [0.2, 0.25) is 0 Å². The number of aromatic nitrogens is 2. The Morgan fingerprint density at radius 3 is 2.80 bits per heavy atom. The van der Waals surface area contributed by atoms with Gasteiger partial charge in [0.1, 0.15) is 0 Å². The first-order chi connectivity index (χ1) is 6.98. The van der Waals surface area contributed by atoms with Gasteiger partial charge in [-0.1, -0.05) is 5.16 Å². The van der Waals surface area contributed by atoms with Crippen LogP contribution < -0.4 is 5.73 Å².